The Hall–Kier alpha value is -0.260. The molecule has 3 nitrogen and oxygen atoms in total. The van der Waals surface area contributed by atoms with Gasteiger partial charge in [0, 0.05) is 15.2 Å². The van der Waals surface area contributed by atoms with Gasteiger partial charge >= 0.3 is 0 Å². The topological polar surface area (TPSA) is 43.4 Å². The first-order chi connectivity index (χ1) is 7.95. The van der Waals surface area contributed by atoms with Crippen LogP contribution in [0.4, 0.5) is 0 Å². The van der Waals surface area contributed by atoms with Crippen LogP contribution in [0.3, 0.4) is 0 Å². The van der Waals surface area contributed by atoms with Crippen LogP contribution in [0.25, 0.3) is 0 Å². The van der Waals surface area contributed by atoms with Gasteiger partial charge in [-0.2, -0.15) is 0 Å². The fourth-order valence-electron chi connectivity index (χ4n) is 1.33. The Morgan fingerprint density at radius 2 is 2.06 bits per heavy atom. The number of ether oxygens (including phenoxy) is 1. The highest BCUT2D eigenvalue weighted by Gasteiger charge is 2.17. The summed E-state index contributed by atoms with van der Waals surface area (Å²) in [5, 5.41) is 0. The zero-order chi connectivity index (χ0) is 12.9. The maximum absolute atomic E-state index is 11.4. The highest BCUT2D eigenvalue weighted by molar-refractivity contribution is 9.10. The fourth-order valence-corrected chi connectivity index (χ4v) is 2.84. The summed E-state index contributed by atoms with van der Waals surface area (Å²) in [4.78, 5) is 0.00467. The smallest absolute Gasteiger partial charge is 0.265 e. The van der Waals surface area contributed by atoms with Gasteiger partial charge in [0.2, 0.25) is 0 Å². The molecular formula is C11H14BrClO3S. The first-order valence-corrected chi connectivity index (χ1v) is 8.42. The standard InChI is InChI=1S/C11H14BrClO3S/c1-2-3-4-7-16-10-6-5-9(12)8-11(10)17(13,14)15/h5-6,8H,2-4,7H2,1H3. The second-order valence-corrected chi connectivity index (χ2v) is 7.03. The third-order valence-electron chi connectivity index (χ3n) is 2.17. The zero-order valence-electron chi connectivity index (χ0n) is 9.45. The first-order valence-electron chi connectivity index (χ1n) is 5.32. The van der Waals surface area contributed by atoms with Gasteiger partial charge in [-0.05, 0) is 24.6 Å². The molecule has 0 atom stereocenters. The molecule has 0 N–H and O–H groups in total. The molecule has 0 radical (unpaired) electrons. The lowest BCUT2D eigenvalue weighted by Gasteiger charge is -2.09. The van der Waals surface area contributed by atoms with Crippen LogP contribution in [0, 0.1) is 0 Å². The lowest BCUT2D eigenvalue weighted by Crippen LogP contribution is -2.02. The van der Waals surface area contributed by atoms with E-state index in [2.05, 4.69) is 22.9 Å². The van der Waals surface area contributed by atoms with Crippen LogP contribution in [0.2, 0.25) is 0 Å². The minimum atomic E-state index is -3.78. The molecule has 0 unspecified atom stereocenters. The number of halogens is 2. The zero-order valence-corrected chi connectivity index (χ0v) is 12.6. The molecule has 0 bridgehead atoms. The molecule has 0 saturated carbocycles. The average molecular weight is 342 g/mol. The molecule has 96 valence electrons. The highest BCUT2D eigenvalue weighted by atomic mass is 79.9. The summed E-state index contributed by atoms with van der Waals surface area (Å²) in [6, 6.07) is 4.77. The van der Waals surface area contributed by atoms with Gasteiger partial charge in [0.15, 0.2) is 0 Å². The third-order valence-corrected chi connectivity index (χ3v) is 4.01. The van der Waals surface area contributed by atoms with Gasteiger partial charge in [-0.1, -0.05) is 35.7 Å². The van der Waals surface area contributed by atoms with Crippen LogP contribution in [0.5, 0.6) is 5.75 Å². The van der Waals surface area contributed by atoms with Gasteiger partial charge in [-0.15, -0.1) is 0 Å². The number of rotatable bonds is 6. The van der Waals surface area contributed by atoms with Crippen molar-refractivity contribution in [3.63, 3.8) is 0 Å². The number of hydrogen-bond acceptors (Lipinski definition) is 3. The lowest BCUT2D eigenvalue weighted by atomic mass is 10.3. The van der Waals surface area contributed by atoms with Crippen molar-refractivity contribution in [3.8, 4) is 5.75 Å². The predicted molar refractivity (Wildman–Crippen MR) is 72.2 cm³/mol. The molecule has 6 heteroatoms. The Balaban J connectivity index is 2.84. The van der Waals surface area contributed by atoms with E-state index in [4.69, 9.17) is 15.4 Å². The summed E-state index contributed by atoms with van der Waals surface area (Å²) < 4.78 is 28.8. The minimum absolute atomic E-state index is 0.00467. The lowest BCUT2D eigenvalue weighted by molar-refractivity contribution is 0.299. The van der Waals surface area contributed by atoms with E-state index in [-0.39, 0.29) is 4.90 Å². The van der Waals surface area contributed by atoms with E-state index in [1.807, 2.05) is 0 Å². The second kappa shape index (κ2) is 6.61. The molecule has 1 aromatic carbocycles. The average Bonchev–Trinajstić information content (AvgIpc) is 2.25. The van der Waals surface area contributed by atoms with Crippen LogP contribution >= 0.6 is 26.6 Å². The van der Waals surface area contributed by atoms with Crippen LogP contribution < -0.4 is 4.74 Å². The van der Waals surface area contributed by atoms with Crippen molar-refractivity contribution in [2.75, 3.05) is 6.61 Å². The minimum Gasteiger partial charge on any atom is -0.492 e. The first kappa shape index (κ1) is 14.8. The van der Waals surface area contributed by atoms with Crippen LogP contribution in [0.15, 0.2) is 27.6 Å². The quantitative estimate of drug-likeness (QED) is 0.581. The van der Waals surface area contributed by atoms with E-state index < -0.39 is 9.05 Å². The Morgan fingerprint density at radius 1 is 1.35 bits per heavy atom. The molecule has 0 aliphatic carbocycles. The Kier molecular flexibility index (Phi) is 5.76. The summed E-state index contributed by atoms with van der Waals surface area (Å²) in [5.41, 5.74) is 0. The van der Waals surface area contributed by atoms with Gasteiger partial charge in [0.25, 0.3) is 9.05 Å². The Bertz CT molecular complexity index is 474. The van der Waals surface area contributed by atoms with Crippen molar-refractivity contribution in [3.05, 3.63) is 22.7 Å². The second-order valence-electron chi connectivity index (χ2n) is 3.58. The van der Waals surface area contributed by atoms with Crippen LogP contribution in [-0.4, -0.2) is 15.0 Å². The van der Waals surface area contributed by atoms with Crippen molar-refractivity contribution in [1.29, 1.82) is 0 Å². The molecule has 0 spiro atoms. The summed E-state index contributed by atoms with van der Waals surface area (Å²) in [6.45, 7) is 2.59. The molecule has 0 fully saturated rings. The van der Waals surface area contributed by atoms with Crippen molar-refractivity contribution in [2.45, 2.75) is 31.1 Å². The normalized spacial score (nSPS) is 11.5. The SMILES string of the molecule is CCCCCOc1ccc(Br)cc1S(=O)(=O)Cl. The number of benzene rings is 1. The van der Waals surface area contributed by atoms with Crippen molar-refractivity contribution in [1.82, 2.24) is 0 Å². The van der Waals surface area contributed by atoms with E-state index in [9.17, 15) is 8.42 Å². The van der Waals surface area contributed by atoms with Crippen molar-refractivity contribution >= 4 is 35.7 Å². The van der Waals surface area contributed by atoms with Crippen LogP contribution in [-0.2, 0) is 9.05 Å². The molecule has 0 aromatic heterocycles. The molecule has 0 aliphatic heterocycles. The van der Waals surface area contributed by atoms with E-state index in [0.717, 1.165) is 19.3 Å². The third kappa shape index (κ3) is 4.85. The molecule has 1 rings (SSSR count). The highest BCUT2D eigenvalue weighted by Crippen LogP contribution is 2.30. The van der Waals surface area contributed by atoms with Crippen molar-refractivity contribution in [2.24, 2.45) is 0 Å². The molecule has 0 amide bonds. The molecule has 0 saturated heterocycles. The maximum Gasteiger partial charge on any atom is 0.265 e. The largest absolute Gasteiger partial charge is 0.492 e. The molecule has 0 aliphatic rings. The summed E-state index contributed by atoms with van der Waals surface area (Å²) >= 11 is 3.20. The molecule has 1 aromatic rings. The van der Waals surface area contributed by atoms with Gasteiger partial charge in [0.05, 0.1) is 6.61 Å². The van der Waals surface area contributed by atoms with Gasteiger partial charge < -0.3 is 4.74 Å². The van der Waals surface area contributed by atoms with Gasteiger partial charge in [0.1, 0.15) is 10.6 Å². The summed E-state index contributed by atoms with van der Waals surface area (Å²) in [6.07, 6.45) is 3.04. The molecule has 0 heterocycles. The maximum atomic E-state index is 11.4. The van der Waals surface area contributed by atoms with Gasteiger partial charge in [-0.25, -0.2) is 8.42 Å². The van der Waals surface area contributed by atoms with Gasteiger partial charge in [-0.3, -0.25) is 0 Å². The number of hydrogen-bond donors (Lipinski definition) is 0. The van der Waals surface area contributed by atoms with Crippen molar-refractivity contribution < 1.29 is 13.2 Å². The molecule has 17 heavy (non-hydrogen) atoms. The monoisotopic (exact) mass is 340 g/mol. The Labute approximate surface area is 115 Å². The number of unbranched alkanes of at least 4 members (excludes halogenated alkanes) is 2. The molecular weight excluding hydrogens is 328 g/mol. The Morgan fingerprint density at radius 3 is 2.65 bits per heavy atom. The summed E-state index contributed by atoms with van der Waals surface area (Å²) in [5.74, 6) is 0.305. The van der Waals surface area contributed by atoms with E-state index in [0.29, 0.717) is 16.8 Å². The predicted octanol–water partition coefficient (Wildman–Crippen LogP) is 3.95. The van der Waals surface area contributed by atoms with E-state index >= 15 is 0 Å². The van der Waals surface area contributed by atoms with E-state index in [1.165, 1.54) is 6.07 Å². The fraction of sp³-hybridized carbons (Fsp3) is 0.455. The van der Waals surface area contributed by atoms with Crippen LogP contribution in [0.1, 0.15) is 26.2 Å². The summed E-state index contributed by atoms with van der Waals surface area (Å²) in [7, 11) is 1.57. The van der Waals surface area contributed by atoms with E-state index in [1.54, 1.807) is 12.1 Å².